The third-order valence-electron chi connectivity index (χ3n) is 2.29. The van der Waals surface area contributed by atoms with Crippen molar-refractivity contribution >= 4 is 5.69 Å². The molecule has 0 spiro atoms. The predicted octanol–water partition coefficient (Wildman–Crippen LogP) is 1.65. The first-order valence-electron chi connectivity index (χ1n) is 4.79. The number of anilines is 1. The van der Waals surface area contributed by atoms with Gasteiger partial charge in [0.25, 0.3) is 0 Å². The van der Waals surface area contributed by atoms with Crippen LogP contribution in [0.25, 0.3) is 0 Å². The Bertz CT molecular complexity index is 358. The van der Waals surface area contributed by atoms with Crippen molar-refractivity contribution in [2.24, 2.45) is 0 Å². The van der Waals surface area contributed by atoms with Gasteiger partial charge in [-0.05, 0) is 25.5 Å². The molecule has 0 saturated heterocycles. The van der Waals surface area contributed by atoms with E-state index < -0.39 is 0 Å². The topological polar surface area (TPSA) is 27.3 Å². The minimum absolute atomic E-state index is 0.863. The lowest BCUT2D eigenvalue weighted by Gasteiger charge is -2.26. The molecule has 2 rings (SSSR count). The Morgan fingerprint density at radius 2 is 2.14 bits per heavy atom. The average Bonchev–Trinajstić information content (AvgIpc) is 2.19. The van der Waals surface area contributed by atoms with E-state index in [4.69, 9.17) is 0 Å². The minimum Gasteiger partial charge on any atom is -0.271 e. The molecule has 0 bridgehead atoms. The fraction of sp³-hybridized carbons (Fsp3) is 0.273. The maximum atomic E-state index is 3.09. The lowest BCUT2D eigenvalue weighted by Crippen LogP contribution is -2.47. The van der Waals surface area contributed by atoms with Gasteiger partial charge in [0.1, 0.15) is 0 Å². The maximum Gasteiger partial charge on any atom is 0.0613 e. The van der Waals surface area contributed by atoms with Crippen LogP contribution in [0.15, 0.2) is 30.5 Å². The lowest BCUT2D eigenvalue weighted by atomic mass is 10.1. The van der Waals surface area contributed by atoms with E-state index in [1.807, 2.05) is 11.2 Å². The van der Waals surface area contributed by atoms with E-state index in [1.165, 1.54) is 16.8 Å². The zero-order valence-electron chi connectivity index (χ0n) is 8.54. The first kappa shape index (κ1) is 9.24. The van der Waals surface area contributed by atoms with E-state index in [1.54, 1.807) is 0 Å². The van der Waals surface area contributed by atoms with E-state index in [9.17, 15) is 0 Å². The van der Waals surface area contributed by atoms with Crippen molar-refractivity contribution in [1.29, 1.82) is 0 Å². The summed E-state index contributed by atoms with van der Waals surface area (Å²) in [5.41, 5.74) is 9.90. The largest absolute Gasteiger partial charge is 0.271 e. The lowest BCUT2D eigenvalue weighted by molar-refractivity contribution is 0.552. The van der Waals surface area contributed by atoms with Gasteiger partial charge in [0.15, 0.2) is 0 Å². The van der Waals surface area contributed by atoms with Gasteiger partial charge in [-0.1, -0.05) is 23.8 Å². The van der Waals surface area contributed by atoms with Crippen LogP contribution in [0.5, 0.6) is 0 Å². The first-order valence-corrected chi connectivity index (χ1v) is 4.79. The van der Waals surface area contributed by atoms with Gasteiger partial charge in [0.2, 0.25) is 0 Å². The van der Waals surface area contributed by atoms with Crippen LogP contribution < -0.4 is 16.0 Å². The molecule has 0 amide bonds. The summed E-state index contributed by atoms with van der Waals surface area (Å²) >= 11 is 0. The molecule has 0 saturated carbocycles. The van der Waals surface area contributed by atoms with Crippen LogP contribution >= 0.6 is 0 Å². The fourth-order valence-corrected chi connectivity index (χ4v) is 1.60. The Balaban J connectivity index is 2.31. The predicted molar refractivity (Wildman–Crippen MR) is 58.7 cm³/mol. The van der Waals surface area contributed by atoms with Gasteiger partial charge < -0.3 is 0 Å². The molecule has 14 heavy (non-hydrogen) atoms. The zero-order chi connectivity index (χ0) is 9.97. The molecule has 0 atom stereocenters. The molecule has 74 valence electrons. The zero-order valence-corrected chi connectivity index (χ0v) is 8.54. The molecule has 0 aromatic heterocycles. The molecular weight excluding hydrogens is 174 g/mol. The summed E-state index contributed by atoms with van der Waals surface area (Å²) in [7, 11) is 0. The molecule has 1 aromatic rings. The van der Waals surface area contributed by atoms with Crippen molar-refractivity contribution < 1.29 is 0 Å². The van der Waals surface area contributed by atoms with E-state index in [2.05, 4.69) is 49.1 Å². The molecule has 1 heterocycles. The third-order valence-corrected chi connectivity index (χ3v) is 2.29. The summed E-state index contributed by atoms with van der Waals surface area (Å²) in [4.78, 5) is 0. The Morgan fingerprint density at radius 3 is 2.79 bits per heavy atom. The molecular formula is C11H15N3. The molecule has 0 fully saturated rings. The minimum atomic E-state index is 0.863. The van der Waals surface area contributed by atoms with Crippen LogP contribution in [0, 0.1) is 13.8 Å². The van der Waals surface area contributed by atoms with Crippen LogP contribution in [0.4, 0.5) is 5.69 Å². The molecule has 1 aromatic carbocycles. The number of hydrazine groups is 2. The molecule has 0 radical (unpaired) electrons. The highest BCUT2D eigenvalue weighted by Gasteiger charge is 2.07. The molecule has 3 heteroatoms. The molecule has 0 unspecified atom stereocenters. The number of hydrogen-bond acceptors (Lipinski definition) is 3. The number of benzene rings is 1. The number of aryl methyl sites for hydroxylation is 2. The number of hydrogen-bond donors (Lipinski definition) is 2. The molecule has 2 N–H and O–H groups in total. The van der Waals surface area contributed by atoms with Crippen LogP contribution in [-0.4, -0.2) is 6.54 Å². The van der Waals surface area contributed by atoms with Gasteiger partial charge >= 0.3 is 0 Å². The van der Waals surface area contributed by atoms with E-state index in [-0.39, 0.29) is 0 Å². The third kappa shape index (κ3) is 1.78. The normalized spacial score (nSPS) is 16.0. The first-order chi connectivity index (χ1) is 6.77. The second-order valence-corrected chi connectivity index (χ2v) is 3.54. The van der Waals surface area contributed by atoms with Crippen molar-refractivity contribution in [3.8, 4) is 0 Å². The monoisotopic (exact) mass is 189 g/mol. The Hall–Kier alpha value is -1.32. The number of rotatable bonds is 1. The highest BCUT2D eigenvalue weighted by molar-refractivity contribution is 5.55. The second kappa shape index (κ2) is 3.82. The van der Waals surface area contributed by atoms with Gasteiger partial charge in [-0.15, -0.1) is 0 Å². The van der Waals surface area contributed by atoms with Crippen LogP contribution in [-0.2, 0) is 0 Å². The molecule has 1 aliphatic heterocycles. The summed E-state index contributed by atoms with van der Waals surface area (Å²) in [6.45, 7) is 5.09. The van der Waals surface area contributed by atoms with Crippen LogP contribution in [0.1, 0.15) is 11.1 Å². The summed E-state index contributed by atoms with van der Waals surface area (Å²) in [6, 6.07) is 6.42. The summed E-state index contributed by atoms with van der Waals surface area (Å²) in [5, 5.41) is 1.98. The van der Waals surface area contributed by atoms with Crippen LogP contribution in [0.2, 0.25) is 0 Å². The highest BCUT2D eigenvalue weighted by atomic mass is 15.7. The van der Waals surface area contributed by atoms with Gasteiger partial charge in [0.05, 0.1) is 5.69 Å². The van der Waals surface area contributed by atoms with Gasteiger partial charge in [-0.25, -0.2) is 5.43 Å². The summed E-state index contributed by atoms with van der Waals surface area (Å²) < 4.78 is 0. The Morgan fingerprint density at radius 1 is 1.29 bits per heavy atom. The smallest absolute Gasteiger partial charge is 0.0613 e. The summed E-state index contributed by atoms with van der Waals surface area (Å²) in [5.74, 6) is 0. The van der Waals surface area contributed by atoms with Gasteiger partial charge in [0, 0.05) is 12.7 Å². The maximum absolute atomic E-state index is 3.09. The molecule has 3 nitrogen and oxygen atoms in total. The van der Waals surface area contributed by atoms with E-state index >= 15 is 0 Å². The average molecular weight is 189 g/mol. The van der Waals surface area contributed by atoms with Crippen molar-refractivity contribution in [2.75, 3.05) is 11.6 Å². The van der Waals surface area contributed by atoms with Gasteiger partial charge in [-0.2, -0.15) is 5.53 Å². The number of nitrogens with zero attached hydrogens (tertiary/aromatic N) is 1. The van der Waals surface area contributed by atoms with E-state index in [0.717, 1.165) is 6.54 Å². The van der Waals surface area contributed by atoms with Crippen molar-refractivity contribution in [1.82, 2.24) is 11.0 Å². The van der Waals surface area contributed by atoms with Crippen LogP contribution in [0.3, 0.4) is 0 Å². The fourth-order valence-electron chi connectivity index (χ4n) is 1.60. The second-order valence-electron chi connectivity index (χ2n) is 3.54. The van der Waals surface area contributed by atoms with Crippen molar-refractivity contribution in [2.45, 2.75) is 13.8 Å². The van der Waals surface area contributed by atoms with Crippen molar-refractivity contribution in [3.05, 3.63) is 41.6 Å². The van der Waals surface area contributed by atoms with E-state index in [0.29, 0.717) is 0 Å². The van der Waals surface area contributed by atoms with Gasteiger partial charge in [-0.3, -0.25) is 5.01 Å². The van der Waals surface area contributed by atoms with Crippen molar-refractivity contribution in [3.63, 3.8) is 0 Å². The SMILES string of the molecule is Cc1ccc(N2C=CCNN2)c(C)c1. The Labute approximate surface area is 84.4 Å². The summed E-state index contributed by atoms with van der Waals surface area (Å²) in [6.07, 6.45) is 4.12. The molecule has 0 aliphatic carbocycles. The number of nitrogens with one attached hydrogen (secondary N) is 2. The quantitative estimate of drug-likeness (QED) is 0.703. The highest BCUT2D eigenvalue weighted by Crippen LogP contribution is 2.20. The Kier molecular flexibility index (Phi) is 2.52. The standard InChI is InChI=1S/C11H15N3/c1-9-4-5-11(10(2)8-9)14-7-3-6-12-13-14/h3-5,7-8,12-13H,6H2,1-2H3. The molecule has 1 aliphatic rings.